The molecule has 5 nitrogen and oxygen atoms in total. The van der Waals surface area contributed by atoms with E-state index in [1.54, 1.807) is 18.5 Å². The summed E-state index contributed by atoms with van der Waals surface area (Å²) in [5, 5.41) is 0. The first-order chi connectivity index (χ1) is 11.5. The van der Waals surface area contributed by atoms with Gasteiger partial charge in [-0.1, -0.05) is 13.0 Å². The SMILES string of the molecule is CCCS(=O)(=O)N(C)C1CCN2CCc3cc(OC)ccc3C2C1. The first-order valence-corrected chi connectivity index (χ1v) is 10.4. The Hall–Kier alpha value is -1.11. The third kappa shape index (κ3) is 3.32. The number of rotatable bonds is 5. The van der Waals surface area contributed by atoms with Crippen LogP contribution in [0, 0.1) is 0 Å². The predicted molar refractivity (Wildman–Crippen MR) is 95.9 cm³/mol. The van der Waals surface area contributed by atoms with E-state index in [-0.39, 0.29) is 11.8 Å². The van der Waals surface area contributed by atoms with E-state index in [0.717, 1.165) is 38.1 Å². The minimum absolute atomic E-state index is 0.0934. The lowest BCUT2D eigenvalue weighted by Crippen LogP contribution is -2.49. The van der Waals surface area contributed by atoms with E-state index in [9.17, 15) is 8.42 Å². The third-order valence-electron chi connectivity index (χ3n) is 5.48. The Morgan fingerprint density at radius 3 is 2.83 bits per heavy atom. The lowest BCUT2D eigenvalue weighted by Gasteiger charge is -2.45. The standard InChI is InChI=1S/C18H28N2O3S/c1-4-11-24(21,22)19(2)15-8-10-20-9-7-14-12-16(23-3)5-6-17(14)18(20)13-15/h5-6,12,15,18H,4,7-11,13H2,1-3H3. The molecule has 1 fully saturated rings. The molecule has 0 amide bonds. The van der Waals surface area contributed by atoms with Gasteiger partial charge in [0, 0.05) is 32.2 Å². The van der Waals surface area contributed by atoms with E-state index < -0.39 is 10.0 Å². The molecular weight excluding hydrogens is 324 g/mol. The molecule has 0 spiro atoms. The number of sulfonamides is 1. The summed E-state index contributed by atoms with van der Waals surface area (Å²) in [6, 6.07) is 6.72. The van der Waals surface area contributed by atoms with Crippen molar-refractivity contribution in [1.82, 2.24) is 9.21 Å². The highest BCUT2D eigenvalue weighted by Crippen LogP contribution is 2.39. The molecule has 0 aromatic heterocycles. The van der Waals surface area contributed by atoms with Crippen LogP contribution in [0.1, 0.15) is 43.4 Å². The van der Waals surface area contributed by atoms with Crippen molar-refractivity contribution in [3.05, 3.63) is 29.3 Å². The van der Waals surface area contributed by atoms with Crippen LogP contribution in [-0.4, -0.2) is 56.7 Å². The average molecular weight is 353 g/mol. The van der Waals surface area contributed by atoms with Crippen LogP contribution in [0.4, 0.5) is 0 Å². The third-order valence-corrected chi connectivity index (χ3v) is 7.58. The molecule has 0 saturated carbocycles. The van der Waals surface area contributed by atoms with Gasteiger partial charge in [0.2, 0.25) is 10.0 Å². The first-order valence-electron chi connectivity index (χ1n) is 8.83. The zero-order valence-corrected chi connectivity index (χ0v) is 15.7. The lowest BCUT2D eigenvalue weighted by atomic mass is 9.85. The van der Waals surface area contributed by atoms with Gasteiger partial charge in [0.25, 0.3) is 0 Å². The molecule has 2 aliphatic heterocycles. The fourth-order valence-corrected chi connectivity index (χ4v) is 5.51. The molecule has 0 radical (unpaired) electrons. The van der Waals surface area contributed by atoms with Gasteiger partial charge >= 0.3 is 0 Å². The summed E-state index contributed by atoms with van der Waals surface area (Å²) < 4.78 is 31.8. The van der Waals surface area contributed by atoms with E-state index in [0.29, 0.717) is 12.5 Å². The van der Waals surface area contributed by atoms with Gasteiger partial charge in [-0.15, -0.1) is 0 Å². The van der Waals surface area contributed by atoms with Crippen LogP contribution in [0.2, 0.25) is 0 Å². The second kappa shape index (κ2) is 7.02. The Labute approximate surface area is 145 Å². The Bertz CT molecular complexity index is 690. The normalized spacial score (nSPS) is 24.5. The van der Waals surface area contributed by atoms with Crippen molar-refractivity contribution in [2.45, 2.75) is 44.7 Å². The smallest absolute Gasteiger partial charge is 0.214 e. The summed E-state index contributed by atoms with van der Waals surface area (Å²) in [5.41, 5.74) is 2.68. The van der Waals surface area contributed by atoms with Crippen molar-refractivity contribution in [1.29, 1.82) is 0 Å². The van der Waals surface area contributed by atoms with Crippen molar-refractivity contribution in [3.63, 3.8) is 0 Å². The second-order valence-electron chi connectivity index (χ2n) is 6.88. The quantitative estimate of drug-likeness (QED) is 0.817. The monoisotopic (exact) mass is 352 g/mol. The van der Waals surface area contributed by atoms with Gasteiger partial charge in [-0.2, -0.15) is 0 Å². The van der Waals surface area contributed by atoms with Crippen molar-refractivity contribution >= 4 is 10.0 Å². The summed E-state index contributed by atoms with van der Waals surface area (Å²) in [5.74, 6) is 1.14. The van der Waals surface area contributed by atoms with Gasteiger partial charge in [0.05, 0.1) is 12.9 Å². The minimum Gasteiger partial charge on any atom is -0.497 e. The number of hydrogen-bond acceptors (Lipinski definition) is 4. The zero-order chi connectivity index (χ0) is 17.3. The Balaban J connectivity index is 1.82. The van der Waals surface area contributed by atoms with Crippen molar-refractivity contribution in [3.8, 4) is 5.75 Å². The summed E-state index contributed by atoms with van der Waals surface area (Å²) in [6.45, 7) is 3.93. The van der Waals surface area contributed by atoms with Gasteiger partial charge in [-0.05, 0) is 48.9 Å². The van der Waals surface area contributed by atoms with Crippen LogP contribution < -0.4 is 4.74 Å². The maximum absolute atomic E-state index is 12.4. The van der Waals surface area contributed by atoms with Crippen LogP contribution in [0.25, 0.3) is 0 Å². The number of benzene rings is 1. The van der Waals surface area contributed by atoms with E-state index in [4.69, 9.17) is 4.74 Å². The highest BCUT2D eigenvalue weighted by molar-refractivity contribution is 7.89. The molecule has 1 aromatic rings. The number of hydrogen-bond donors (Lipinski definition) is 0. The lowest BCUT2D eigenvalue weighted by molar-refractivity contribution is 0.0969. The van der Waals surface area contributed by atoms with E-state index in [1.165, 1.54) is 11.1 Å². The number of piperidine rings is 1. The van der Waals surface area contributed by atoms with Crippen molar-refractivity contribution < 1.29 is 13.2 Å². The molecule has 2 aliphatic rings. The zero-order valence-electron chi connectivity index (χ0n) is 14.9. The number of ether oxygens (including phenoxy) is 1. The van der Waals surface area contributed by atoms with Crippen LogP contribution in [0.5, 0.6) is 5.75 Å². The molecule has 2 heterocycles. The highest BCUT2D eigenvalue weighted by Gasteiger charge is 2.37. The van der Waals surface area contributed by atoms with Crippen LogP contribution in [0.15, 0.2) is 18.2 Å². The number of nitrogens with zero attached hydrogens (tertiary/aromatic N) is 2. The Morgan fingerprint density at radius 1 is 1.33 bits per heavy atom. The Morgan fingerprint density at radius 2 is 2.12 bits per heavy atom. The summed E-state index contributed by atoms with van der Waals surface area (Å²) in [7, 11) is 0.308. The fraction of sp³-hybridized carbons (Fsp3) is 0.667. The van der Waals surface area contributed by atoms with E-state index >= 15 is 0 Å². The largest absolute Gasteiger partial charge is 0.497 e. The fourth-order valence-electron chi connectivity index (χ4n) is 4.06. The molecule has 0 aliphatic carbocycles. The minimum atomic E-state index is -3.14. The summed E-state index contributed by atoms with van der Waals surface area (Å²) in [6.07, 6.45) is 3.50. The molecule has 1 saturated heterocycles. The maximum Gasteiger partial charge on any atom is 0.214 e. The molecule has 3 rings (SSSR count). The summed E-state index contributed by atoms with van der Waals surface area (Å²) >= 11 is 0. The second-order valence-corrected chi connectivity index (χ2v) is 9.02. The molecule has 0 N–H and O–H groups in total. The molecule has 134 valence electrons. The molecule has 0 bridgehead atoms. The van der Waals surface area contributed by atoms with Gasteiger partial charge < -0.3 is 4.74 Å². The average Bonchev–Trinajstić information content (AvgIpc) is 2.59. The van der Waals surface area contributed by atoms with Gasteiger partial charge in [0.15, 0.2) is 0 Å². The molecule has 2 atom stereocenters. The molecule has 2 unspecified atom stereocenters. The van der Waals surface area contributed by atoms with Gasteiger partial charge in [-0.25, -0.2) is 12.7 Å². The van der Waals surface area contributed by atoms with Gasteiger partial charge in [-0.3, -0.25) is 4.90 Å². The van der Waals surface area contributed by atoms with E-state index in [2.05, 4.69) is 17.0 Å². The van der Waals surface area contributed by atoms with Crippen LogP contribution >= 0.6 is 0 Å². The highest BCUT2D eigenvalue weighted by atomic mass is 32.2. The topological polar surface area (TPSA) is 49.9 Å². The molecular formula is C18H28N2O3S. The van der Waals surface area contributed by atoms with Crippen molar-refractivity contribution in [2.75, 3.05) is 33.0 Å². The van der Waals surface area contributed by atoms with Crippen molar-refractivity contribution in [2.24, 2.45) is 0 Å². The Kier molecular flexibility index (Phi) is 5.18. The van der Waals surface area contributed by atoms with Crippen LogP contribution in [-0.2, 0) is 16.4 Å². The van der Waals surface area contributed by atoms with Crippen LogP contribution in [0.3, 0.4) is 0 Å². The molecule has 6 heteroatoms. The van der Waals surface area contributed by atoms with Gasteiger partial charge in [0.1, 0.15) is 5.75 Å². The van der Waals surface area contributed by atoms with E-state index in [1.807, 2.05) is 13.0 Å². The molecule has 24 heavy (non-hydrogen) atoms. The number of methoxy groups -OCH3 is 1. The number of fused-ring (bicyclic) bond motifs is 3. The predicted octanol–water partition coefficient (Wildman–Crippen LogP) is 2.43. The maximum atomic E-state index is 12.4. The molecule has 1 aromatic carbocycles. The first kappa shape index (κ1) is 17.7. The summed E-state index contributed by atoms with van der Waals surface area (Å²) in [4.78, 5) is 2.51.